The van der Waals surface area contributed by atoms with E-state index in [4.69, 9.17) is 4.52 Å². The standard InChI is InChI=1S/C13H10IN3O2S/c1-7-6-20-12(15-7)5-11-16-13(19-17-11)8-2-3-9(14)10(18)4-8/h2-4,6,18H,5H2,1H3. The Kier molecular flexibility index (Phi) is 3.70. The highest BCUT2D eigenvalue weighted by Crippen LogP contribution is 2.26. The van der Waals surface area contributed by atoms with Crippen LogP contribution in [0.2, 0.25) is 0 Å². The van der Waals surface area contributed by atoms with Crippen LogP contribution in [0.15, 0.2) is 28.1 Å². The summed E-state index contributed by atoms with van der Waals surface area (Å²) < 4.78 is 6.01. The Bertz CT molecular complexity index is 754. The zero-order valence-electron chi connectivity index (χ0n) is 10.5. The second kappa shape index (κ2) is 5.49. The minimum Gasteiger partial charge on any atom is -0.507 e. The molecule has 0 saturated heterocycles. The lowest BCUT2D eigenvalue weighted by Gasteiger charge is -1.98. The molecule has 0 aliphatic rings. The Balaban J connectivity index is 1.84. The van der Waals surface area contributed by atoms with Crippen LogP contribution in [0.3, 0.4) is 0 Å². The summed E-state index contributed by atoms with van der Waals surface area (Å²) in [6.07, 6.45) is 0.554. The number of phenols is 1. The maximum atomic E-state index is 9.70. The van der Waals surface area contributed by atoms with E-state index in [9.17, 15) is 5.11 Å². The van der Waals surface area contributed by atoms with Crippen LogP contribution in [0, 0.1) is 10.5 Å². The van der Waals surface area contributed by atoms with E-state index in [1.54, 1.807) is 23.5 Å². The quantitative estimate of drug-likeness (QED) is 0.684. The van der Waals surface area contributed by atoms with Crippen LogP contribution in [0.4, 0.5) is 0 Å². The van der Waals surface area contributed by atoms with Gasteiger partial charge >= 0.3 is 0 Å². The third kappa shape index (κ3) is 2.83. The number of hydrogen-bond acceptors (Lipinski definition) is 6. The molecular weight excluding hydrogens is 389 g/mol. The van der Waals surface area contributed by atoms with Crippen molar-refractivity contribution in [1.82, 2.24) is 15.1 Å². The molecule has 0 fully saturated rings. The highest BCUT2D eigenvalue weighted by Gasteiger charge is 2.12. The highest BCUT2D eigenvalue weighted by atomic mass is 127. The maximum Gasteiger partial charge on any atom is 0.258 e. The predicted molar refractivity (Wildman–Crippen MR) is 83.8 cm³/mol. The second-order valence-electron chi connectivity index (χ2n) is 4.24. The van der Waals surface area contributed by atoms with Gasteiger partial charge in [-0.3, -0.25) is 0 Å². The monoisotopic (exact) mass is 399 g/mol. The second-order valence-corrected chi connectivity index (χ2v) is 6.35. The van der Waals surface area contributed by atoms with E-state index < -0.39 is 0 Å². The number of halogens is 1. The van der Waals surface area contributed by atoms with Crippen molar-refractivity contribution in [2.24, 2.45) is 0 Å². The van der Waals surface area contributed by atoms with Crippen molar-refractivity contribution < 1.29 is 9.63 Å². The molecule has 0 bridgehead atoms. The lowest BCUT2D eigenvalue weighted by molar-refractivity contribution is 0.423. The molecule has 0 aliphatic heterocycles. The maximum absolute atomic E-state index is 9.70. The first-order chi connectivity index (χ1) is 9.61. The number of aromatic hydroxyl groups is 1. The van der Waals surface area contributed by atoms with Gasteiger partial charge in [0.15, 0.2) is 5.82 Å². The number of benzene rings is 1. The van der Waals surface area contributed by atoms with Gasteiger partial charge in [0.05, 0.1) is 9.99 Å². The zero-order chi connectivity index (χ0) is 14.1. The number of hydrogen-bond donors (Lipinski definition) is 1. The minimum atomic E-state index is 0.207. The molecule has 1 N–H and O–H groups in total. The molecule has 0 saturated carbocycles. The lowest BCUT2D eigenvalue weighted by Crippen LogP contribution is -1.90. The van der Waals surface area contributed by atoms with Gasteiger partial charge < -0.3 is 9.63 Å². The van der Waals surface area contributed by atoms with Crippen molar-refractivity contribution in [3.63, 3.8) is 0 Å². The SMILES string of the molecule is Cc1csc(Cc2noc(-c3ccc(I)c(O)c3)n2)n1. The van der Waals surface area contributed by atoms with E-state index in [2.05, 4.69) is 37.7 Å². The third-order valence-corrected chi connectivity index (χ3v) is 4.52. The summed E-state index contributed by atoms with van der Waals surface area (Å²) in [4.78, 5) is 8.70. The van der Waals surface area contributed by atoms with Gasteiger partial charge in [-0.05, 0) is 47.7 Å². The Labute approximate surface area is 132 Å². The summed E-state index contributed by atoms with van der Waals surface area (Å²) in [5.74, 6) is 1.20. The topological polar surface area (TPSA) is 72.0 Å². The Morgan fingerprint density at radius 3 is 2.90 bits per heavy atom. The van der Waals surface area contributed by atoms with Gasteiger partial charge in [-0.15, -0.1) is 11.3 Å². The van der Waals surface area contributed by atoms with Crippen molar-refractivity contribution >= 4 is 33.9 Å². The van der Waals surface area contributed by atoms with E-state index in [0.29, 0.717) is 23.7 Å². The molecule has 0 atom stereocenters. The normalized spacial score (nSPS) is 10.9. The highest BCUT2D eigenvalue weighted by molar-refractivity contribution is 14.1. The third-order valence-electron chi connectivity index (χ3n) is 2.64. The van der Waals surface area contributed by atoms with Gasteiger partial charge in [0.1, 0.15) is 10.8 Å². The van der Waals surface area contributed by atoms with Crippen molar-refractivity contribution in [3.8, 4) is 17.2 Å². The molecule has 5 nitrogen and oxygen atoms in total. The Morgan fingerprint density at radius 1 is 1.35 bits per heavy atom. The van der Waals surface area contributed by atoms with Gasteiger partial charge in [0.25, 0.3) is 5.89 Å². The van der Waals surface area contributed by atoms with Crippen LogP contribution in [-0.2, 0) is 6.42 Å². The van der Waals surface area contributed by atoms with Crippen LogP contribution >= 0.6 is 33.9 Å². The van der Waals surface area contributed by atoms with Crippen LogP contribution < -0.4 is 0 Å². The molecule has 2 aromatic heterocycles. The fourth-order valence-corrected chi connectivity index (χ4v) is 2.81. The summed E-state index contributed by atoms with van der Waals surface area (Å²) in [5.41, 5.74) is 1.70. The number of aryl methyl sites for hydroxylation is 1. The van der Waals surface area contributed by atoms with Crippen molar-refractivity contribution in [2.75, 3.05) is 0 Å². The number of phenolic OH excluding ortho intramolecular Hbond substituents is 1. The number of aromatic nitrogens is 3. The molecule has 3 aromatic rings. The molecular formula is C13H10IN3O2S. The number of rotatable bonds is 3. The first-order valence-corrected chi connectivity index (χ1v) is 7.80. The molecule has 0 unspecified atom stereocenters. The number of thiazole rings is 1. The molecule has 0 spiro atoms. The van der Waals surface area contributed by atoms with E-state index in [0.717, 1.165) is 14.3 Å². The molecule has 102 valence electrons. The fraction of sp³-hybridized carbons (Fsp3) is 0.154. The summed E-state index contributed by atoms with van der Waals surface area (Å²) in [5, 5.41) is 16.6. The lowest BCUT2D eigenvalue weighted by atomic mass is 10.2. The largest absolute Gasteiger partial charge is 0.507 e. The fourth-order valence-electron chi connectivity index (χ4n) is 1.71. The van der Waals surface area contributed by atoms with Crippen LogP contribution in [0.5, 0.6) is 5.75 Å². The van der Waals surface area contributed by atoms with Gasteiger partial charge in [-0.25, -0.2) is 4.98 Å². The Morgan fingerprint density at radius 2 is 2.20 bits per heavy atom. The van der Waals surface area contributed by atoms with E-state index in [1.807, 2.05) is 18.4 Å². The predicted octanol–water partition coefficient (Wildman–Crippen LogP) is 3.40. The molecule has 7 heteroatoms. The van der Waals surface area contributed by atoms with Gasteiger partial charge in [-0.1, -0.05) is 5.16 Å². The molecule has 1 aromatic carbocycles. The van der Waals surface area contributed by atoms with Gasteiger partial charge in [-0.2, -0.15) is 4.98 Å². The van der Waals surface area contributed by atoms with Crippen molar-refractivity contribution in [1.29, 1.82) is 0 Å². The van der Waals surface area contributed by atoms with E-state index >= 15 is 0 Å². The minimum absolute atomic E-state index is 0.207. The molecule has 2 heterocycles. The zero-order valence-corrected chi connectivity index (χ0v) is 13.5. The summed E-state index contributed by atoms with van der Waals surface area (Å²) in [6, 6.07) is 5.26. The van der Waals surface area contributed by atoms with Crippen LogP contribution in [0.1, 0.15) is 16.5 Å². The average Bonchev–Trinajstić information content (AvgIpc) is 3.03. The van der Waals surface area contributed by atoms with E-state index in [1.165, 1.54) is 0 Å². The smallest absolute Gasteiger partial charge is 0.258 e. The Hall–Kier alpha value is -1.48. The van der Waals surface area contributed by atoms with Gasteiger partial charge in [0, 0.05) is 16.6 Å². The van der Waals surface area contributed by atoms with Crippen molar-refractivity contribution in [2.45, 2.75) is 13.3 Å². The summed E-state index contributed by atoms with van der Waals surface area (Å²) in [7, 11) is 0. The van der Waals surface area contributed by atoms with E-state index in [-0.39, 0.29) is 5.75 Å². The first kappa shape index (κ1) is 13.5. The molecule has 0 amide bonds. The van der Waals surface area contributed by atoms with Crippen LogP contribution in [-0.4, -0.2) is 20.2 Å². The van der Waals surface area contributed by atoms with Gasteiger partial charge in [0.2, 0.25) is 0 Å². The summed E-state index contributed by atoms with van der Waals surface area (Å²) in [6.45, 7) is 1.95. The van der Waals surface area contributed by atoms with Crippen LogP contribution in [0.25, 0.3) is 11.5 Å². The summed E-state index contributed by atoms with van der Waals surface area (Å²) >= 11 is 3.64. The molecule has 3 rings (SSSR count). The molecule has 20 heavy (non-hydrogen) atoms. The first-order valence-electron chi connectivity index (χ1n) is 5.84. The number of nitrogens with zero attached hydrogens (tertiary/aromatic N) is 3. The average molecular weight is 399 g/mol. The molecule has 0 radical (unpaired) electrons. The molecule has 0 aliphatic carbocycles. The van der Waals surface area contributed by atoms with Crippen molar-refractivity contribution in [3.05, 3.63) is 43.7 Å².